The van der Waals surface area contributed by atoms with E-state index in [0.29, 0.717) is 11.7 Å². The summed E-state index contributed by atoms with van der Waals surface area (Å²) in [6, 6.07) is 0. The highest BCUT2D eigenvalue weighted by atomic mass is 16.1. The van der Waals surface area contributed by atoms with E-state index >= 15 is 0 Å². The summed E-state index contributed by atoms with van der Waals surface area (Å²) in [5.41, 5.74) is 5.54. The highest BCUT2D eigenvalue weighted by molar-refractivity contribution is 5.91. The standard InChI is InChI=1S/C12H19NO/c13-12(3-4-12)11(14)7-10-6-8-1-2-9(10)5-8/h8-10H,1-7,13H2. The van der Waals surface area contributed by atoms with Gasteiger partial charge in [-0.05, 0) is 49.9 Å². The summed E-state index contributed by atoms with van der Waals surface area (Å²) < 4.78 is 0. The van der Waals surface area contributed by atoms with Gasteiger partial charge in [0.1, 0.15) is 0 Å². The lowest BCUT2D eigenvalue weighted by molar-refractivity contribution is -0.122. The molecule has 3 saturated carbocycles. The van der Waals surface area contributed by atoms with Crippen molar-refractivity contribution in [2.45, 2.75) is 50.5 Å². The maximum absolute atomic E-state index is 11.8. The normalized spacial score (nSPS) is 42.8. The number of carbonyl (C=O) groups is 1. The summed E-state index contributed by atoms with van der Waals surface area (Å²) in [5.74, 6) is 2.87. The maximum Gasteiger partial charge on any atom is 0.152 e. The first-order chi connectivity index (χ1) is 6.67. The van der Waals surface area contributed by atoms with Gasteiger partial charge in [-0.3, -0.25) is 4.79 Å². The molecule has 2 nitrogen and oxygen atoms in total. The third kappa shape index (κ3) is 1.31. The van der Waals surface area contributed by atoms with Gasteiger partial charge in [-0.15, -0.1) is 0 Å². The monoisotopic (exact) mass is 193 g/mol. The summed E-state index contributed by atoms with van der Waals surface area (Å²) in [7, 11) is 0. The largest absolute Gasteiger partial charge is 0.319 e. The minimum Gasteiger partial charge on any atom is -0.319 e. The number of hydrogen-bond donors (Lipinski definition) is 1. The number of carbonyl (C=O) groups excluding carboxylic acids is 1. The Kier molecular flexibility index (Phi) is 1.79. The van der Waals surface area contributed by atoms with Crippen LogP contribution in [-0.2, 0) is 4.79 Å². The first-order valence-electron chi connectivity index (χ1n) is 5.99. The van der Waals surface area contributed by atoms with Gasteiger partial charge >= 0.3 is 0 Å². The fraction of sp³-hybridized carbons (Fsp3) is 0.917. The molecule has 3 atom stereocenters. The van der Waals surface area contributed by atoms with Crippen molar-refractivity contribution < 1.29 is 4.79 Å². The number of hydrogen-bond acceptors (Lipinski definition) is 2. The molecule has 0 amide bonds. The lowest BCUT2D eigenvalue weighted by atomic mass is 9.84. The molecule has 3 aliphatic carbocycles. The van der Waals surface area contributed by atoms with Crippen LogP contribution in [0.3, 0.4) is 0 Å². The fourth-order valence-corrected chi connectivity index (χ4v) is 3.48. The molecule has 14 heavy (non-hydrogen) atoms. The Labute approximate surface area is 85.2 Å². The molecule has 0 aromatic rings. The molecule has 0 aromatic heterocycles. The minimum absolute atomic E-state index is 0.357. The third-order valence-corrected chi connectivity index (χ3v) is 4.68. The summed E-state index contributed by atoms with van der Waals surface area (Å²) in [5, 5.41) is 0. The third-order valence-electron chi connectivity index (χ3n) is 4.68. The number of ketones is 1. The quantitative estimate of drug-likeness (QED) is 0.743. The van der Waals surface area contributed by atoms with Crippen LogP contribution in [-0.4, -0.2) is 11.3 Å². The Hall–Kier alpha value is -0.370. The second-order valence-corrected chi connectivity index (χ2v) is 5.72. The first-order valence-corrected chi connectivity index (χ1v) is 5.99. The van der Waals surface area contributed by atoms with E-state index in [4.69, 9.17) is 5.73 Å². The first kappa shape index (κ1) is 8.90. The van der Waals surface area contributed by atoms with Crippen molar-refractivity contribution in [2.24, 2.45) is 23.5 Å². The van der Waals surface area contributed by atoms with Crippen LogP contribution in [0, 0.1) is 17.8 Å². The SMILES string of the molecule is NC1(C(=O)CC2CC3CCC2C3)CC1. The average Bonchev–Trinajstić information content (AvgIpc) is 2.63. The van der Waals surface area contributed by atoms with Gasteiger partial charge in [-0.2, -0.15) is 0 Å². The summed E-state index contributed by atoms with van der Waals surface area (Å²) in [6.45, 7) is 0. The molecular formula is C12H19NO. The fourth-order valence-electron chi connectivity index (χ4n) is 3.48. The van der Waals surface area contributed by atoms with Crippen LogP contribution in [0.5, 0.6) is 0 Å². The molecule has 78 valence electrons. The van der Waals surface area contributed by atoms with Crippen molar-refractivity contribution in [1.29, 1.82) is 0 Å². The molecule has 0 aliphatic heterocycles. The molecule has 0 heterocycles. The Morgan fingerprint density at radius 2 is 2.07 bits per heavy atom. The molecule has 0 spiro atoms. The maximum atomic E-state index is 11.8. The number of fused-ring (bicyclic) bond motifs is 2. The topological polar surface area (TPSA) is 43.1 Å². The highest BCUT2D eigenvalue weighted by Crippen LogP contribution is 2.50. The van der Waals surface area contributed by atoms with Gasteiger partial charge in [0, 0.05) is 6.42 Å². The zero-order chi connectivity index (χ0) is 9.76. The van der Waals surface area contributed by atoms with Crippen LogP contribution >= 0.6 is 0 Å². The van der Waals surface area contributed by atoms with Crippen molar-refractivity contribution in [3.63, 3.8) is 0 Å². The predicted octanol–water partition coefficient (Wildman–Crippen LogP) is 1.87. The molecule has 3 fully saturated rings. The highest BCUT2D eigenvalue weighted by Gasteiger charge is 2.48. The van der Waals surface area contributed by atoms with Crippen LogP contribution in [0.1, 0.15) is 44.9 Å². The van der Waals surface area contributed by atoms with E-state index in [-0.39, 0.29) is 5.54 Å². The van der Waals surface area contributed by atoms with E-state index in [1.165, 1.54) is 25.7 Å². The average molecular weight is 193 g/mol. The summed E-state index contributed by atoms with van der Waals surface area (Å²) in [4.78, 5) is 11.8. The minimum atomic E-state index is -0.373. The second kappa shape index (κ2) is 2.82. The Morgan fingerprint density at radius 3 is 2.57 bits per heavy atom. The Morgan fingerprint density at radius 1 is 1.29 bits per heavy atom. The molecule has 0 saturated heterocycles. The molecule has 3 rings (SSSR count). The van der Waals surface area contributed by atoms with Crippen molar-refractivity contribution in [2.75, 3.05) is 0 Å². The molecule has 0 aromatic carbocycles. The van der Waals surface area contributed by atoms with E-state index in [1.807, 2.05) is 0 Å². The zero-order valence-corrected chi connectivity index (χ0v) is 8.67. The van der Waals surface area contributed by atoms with Crippen molar-refractivity contribution in [3.05, 3.63) is 0 Å². The van der Waals surface area contributed by atoms with Gasteiger partial charge in [-0.25, -0.2) is 0 Å². The number of nitrogens with two attached hydrogens (primary N) is 1. The van der Waals surface area contributed by atoms with Gasteiger partial charge in [0.2, 0.25) is 0 Å². The summed E-state index contributed by atoms with van der Waals surface area (Å²) in [6.07, 6.45) is 8.17. The van der Waals surface area contributed by atoms with Gasteiger partial charge in [0.05, 0.1) is 5.54 Å². The van der Waals surface area contributed by atoms with Crippen molar-refractivity contribution in [3.8, 4) is 0 Å². The van der Waals surface area contributed by atoms with Gasteiger partial charge in [-0.1, -0.05) is 6.42 Å². The number of Topliss-reactive ketones (excluding diaryl/α,β-unsaturated/α-hetero) is 1. The van der Waals surface area contributed by atoms with E-state index in [0.717, 1.165) is 31.1 Å². The summed E-state index contributed by atoms with van der Waals surface area (Å²) >= 11 is 0. The van der Waals surface area contributed by atoms with E-state index in [1.54, 1.807) is 0 Å². The molecule has 2 heteroatoms. The smallest absolute Gasteiger partial charge is 0.152 e. The zero-order valence-electron chi connectivity index (χ0n) is 8.67. The van der Waals surface area contributed by atoms with Crippen LogP contribution in [0.25, 0.3) is 0 Å². The van der Waals surface area contributed by atoms with E-state index in [9.17, 15) is 4.79 Å². The molecule has 2 N–H and O–H groups in total. The van der Waals surface area contributed by atoms with Crippen LogP contribution in [0.4, 0.5) is 0 Å². The molecule has 3 unspecified atom stereocenters. The molecule has 0 radical (unpaired) electrons. The lowest BCUT2D eigenvalue weighted by Gasteiger charge is -2.22. The molecule has 2 bridgehead atoms. The Bertz CT molecular complexity index is 269. The predicted molar refractivity (Wildman–Crippen MR) is 54.7 cm³/mol. The van der Waals surface area contributed by atoms with Gasteiger partial charge < -0.3 is 5.73 Å². The second-order valence-electron chi connectivity index (χ2n) is 5.72. The van der Waals surface area contributed by atoms with Gasteiger partial charge in [0.25, 0.3) is 0 Å². The van der Waals surface area contributed by atoms with Crippen molar-refractivity contribution >= 4 is 5.78 Å². The van der Waals surface area contributed by atoms with E-state index < -0.39 is 0 Å². The van der Waals surface area contributed by atoms with Crippen LogP contribution < -0.4 is 5.73 Å². The van der Waals surface area contributed by atoms with E-state index in [2.05, 4.69) is 0 Å². The van der Waals surface area contributed by atoms with Crippen LogP contribution in [0.15, 0.2) is 0 Å². The van der Waals surface area contributed by atoms with Crippen LogP contribution in [0.2, 0.25) is 0 Å². The number of rotatable bonds is 3. The molecule has 3 aliphatic rings. The lowest BCUT2D eigenvalue weighted by Crippen LogP contribution is -2.34. The molecular weight excluding hydrogens is 174 g/mol. The van der Waals surface area contributed by atoms with Crippen molar-refractivity contribution in [1.82, 2.24) is 0 Å². The Balaban J connectivity index is 1.60. The van der Waals surface area contributed by atoms with Gasteiger partial charge in [0.15, 0.2) is 5.78 Å².